The van der Waals surface area contributed by atoms with Gasteiger partial charge < -0.3 is 19.7 Å². The Kier molecular flexibility index (Phi) is 3.79. The summed E-state index contributed by atoms with van der Waals surface area (Å²) >= 11 is 0. The third-order valence-electron chi connectivity index (χ3n) is 3.48. The maximum absolute atomic E-state index is 5.96. The monoisotopic (exact) mass is 289 g/mol. The Bertz CT molecular complexity index is 620. The number of hydrogen-bond donors (Lipinski definition) is 1. The molecule has 6 nitrogen and oxygen atoms in total. The lowest BCUT2D eigenvalue weighted by molar-refractivity contribution is 0.279. The molecule has 1 aliphatic rings. The van der Waals surface area contributed by atoms with E-state index in [1.165, 1.54) is 0 Å². The molecule has 0 amide bonds. The fraction of sp³-hybridized carbons (Fsp3) is 0.467. The van der Waals surface area contributed by atoms with Crippen molar-refractivity contribution in [3.63, 3.8) is 0 Å². The highest BCUT2D eigenvalue weighted by atomic mass is 16.5. The molecule has 0 saturated heterocycles. The number of methoxy groups -OCH3 is 1. The number of rotatable bonds is 6. The molecule has 1 heterocycles. The van der Waals surface area contributed by atoms with E-state index in [2.05, 4.69) is 10.1 Å². The minimum atomic E-state index is -0.127. The molecule has 0 unspecified atom stereocenters. The van der Waals surface area contributed by atoms with Crippen LogP contribution in [0.3, 0.4) is 0 Å². The van der Waals surface area contributed by atoms with Gasteiger partial charge in [-0.1, -0.05) is 11.2 Å². The van der Waals surface area contributed by atoms with Gasteiger partial charge in [0.2, 0.25) is 11.7 Å². The summed E-state index contributed by atoms with van der Waals surface area (Å²) in [6.45, 7) is 2.16. The van der Waals surface area contributed by atoms with Gasteiger partial charge in [0.05, 0.1) is 7.11 Å². The molecule has 1 atom stereocenters. The molecule has 0 radical (unpaired) electrons. The zero-order chi connectivity index (χ0) is 14.8. The van der Waals surface area contributed by atoms with Gasteiger partial charge in [-0.2, -0.15) is 4.98 Å². The molecule has 6 heteroatoms. The predicted octanol–water partition coefficient (Wildman–Crippen LogP) is 2.55. The van der Waals surface area contributed by atoms with E-state index in [-0.39, 0.29) is 12.6 Å². The highest BCUT2D eigenvalue weighted by Gasteiger charge is 2.29. The minimum Gasteiger partial charge on any atom is -0.497 e. The summed E-state index contributed by atoms with van der Waals surface area (Å²) in [4.78, 5) is 4.34. The molecule has 3 rings (SSSR count). The van der Waals surface area contributed by atoms with Crippen LogP contribution in [0.25, 0.3) is 0 Å². The summed E-state index contributed by atoms with van der Waals surface area (Å²) < 4.78 is 16.2. The van der Waals surface area contributed by atoms with Gasteiger partial charge in [0.15, 0.2) is 6.61 Å². The fourth-order valence-corrected chi connectivity index (χ4v) is 2.11. The Morgan fingerprint density at radius 3 is 2.90 bits per heavy atom. The van der Waals surface area contributed by atoms with E-state index in [0.717, 1.165) is 24.2 Å². The van der Waals surface area contributed by atoms with Crippen LogP contribution in [0.5, 0.6) is 11.5 Å². The van der Waals surface area contributed by atoms with Crippen LogP contribution in [0, 0.1) is 0 Å². The second-order valence-electron chi connectivity index (χ2n) is 5.30. The molecule has 1 aromatic heterocycles. The molecule has 2 N–H and O–H groups in total. The number of benzene rings is 1. The molecule has 1 aromatic carbocycles. The van der Waals surface area contributed by atoms with Gasteiger partial charge in [-0.05, 0) is 25.8 Å². The van der Waals surface area contributed by atoms with E-state index in [0.29, 0.717) is 23.4 Å². The summed E-state index contributed by atoms with van der Waals surface area (Å²) in [5, 5.41) is 3.94. The van der Waals surface area contributed by atoms with Crippen LogP contribution in [-0.2, 0) is 6.61 Å². The van der Waals surface area contributed by atoms with E-state index >= 15 is 0 Å². The maximum atomic E-state index is 5.96. The smallest absolute Gasteiger partial charge is 0.229 e. The van der Waals surface area contributed by atoms with Gasteiger partial charge in [-0.15, -0.1) is 0 Å². The molecular weight excluding hydrogens is 270 g/mol. The van der Waals surface area contributed by atoms with Gasteiger partial charge in [0, 0.05) is 23.6 Å². The maximum Gasteiger partial charge on any atom is 0.229 e. The van der Waals surface area contributed by atoms with Gasteiger partial charge in [-0.3, -0.25) is 0 Å². The first-order chi connectivity index (χ1) is 10.2. The van der Waals surface area contributed by atoms with E-state index < -0.39 is 0 Å². The standard InChI is InChI=1S/C15H19N3O3/c1-9(16)12-6-5-11(19-2)7-13(12)20-8-14-17-15(21-18-14)10-3-4-10/h5-7,9-10H,3-4,8,16H2,1-2H3/t9-/m0/s1. The Morgan fingerprint density at radius 2 is 2.24 bits per heavy atom. The lowest BCUT2D eigenvalue weighted by Crippen LogP contribution is -2.08. The first-order valence-electron chi connectivity index (χ1n) is 7.06. The van der Waals surface area contributed by atoms with Crippen molar-refractivity contribution in [3.8, 4) is 11.5 Å². The lowest BCUT2D eigenvalue weighted by Gasteiger charge is -2.14. The van der Waals surface area contributed by atoms with E-state index in [1.807, 2.05) is 25.1 Å². The summed E-state index contributed by atoms with van der Waals surface area (Å²) in [6.07, 6.45) is 2.26. The van der Waals surface area contributed by atoms with Crippen molar-refractivity contribution in [1.82, 2.24) is 10.1 Å². The Hall–Kier alpha value is -2.08. The number of ether oxygens (including phenoxy) is 2. The summed E-state index contributed by atoms with van der Waals surface area (Å²) in [7, 11) is 1.62. The van der Waals surface area contributed by atoms with Crippen LogP contribution in [0.4, 0.5) is 0 Å². The minimum absolute atomic E-state index is 0.127. The third kappa shape index (κ3) is 3.16. The average Bonchev–Trinajstić information content (AvgIpc) is 3.23. The zero-order valence-electron chi connectivity index (χ0n) is 12.2. The van der Waals surface area contributed by atoms with Crippen molar-refractivity contribution in [3.05, 3.63) is 35.5 Å². The summed E-state index contributed by atoms with van der Waals surface area (Å²) in [5.74, 6) is 3.12. The molecular formula is C15H19N3O3. The van der Waals surface area contributed by atoms with E-state index in [1.54, 1.807) is 7.11 Å². The summed E-state index contributed by atoms with van der Waals surface area (Å²) in [6, 6.07) is 5.47. The van der Waals surface area contributed by atoms with Crippen molar-refractivity contribution < 1.29 is 14.0 Å². The van der Waals surface area contributed by atoms with Gasteiger partial charge in [0.25, 0.3) is 0 Å². The SMILES string of the molecule is COc1ccc([C@H](C)N)c(OCc2noc(C3CC3)n2)c1. The fourth-order valence-electron chi connectivity index (χ4n) is 2.11. The summed E-state index contributed by atoms with van der Waals surface area (Å²) in [5.41, 5.74) is 6.87. The third-order valence-corrected chi connectivity index (χ3v) is 3.48. The lowest BCUT2D eigenvalue weighted by atomic mass is 10.1. The van der Waals surface area contributed by atoms with Crippen molar-refractivity contribution >= 4 is 0 Å². The van der Waals surface area contributed by atoms with Gasteiger partial charge >= 0.3 is 0 Å². The normalized spacial score (nSPS) is 15.8. The molecule has 0 aliphatic heterocycles. The zero-order valence-corrected chi connectivity index (χ0v) is 12.2. The molecule has 0 bridgehead atoms. The Labute approximate surface area is 123 Å². The second kappa shape index (κ2) is 5.73. The van der Waals surface area contributed by atoms with Crippen LogP contribution in [0.1, 0.15) is 49.0 Å². The van der Waals surface area contributed by atoms with Crippen molar-refractivity contribution in [2.75, 3.05) is 7.11 Å². The quantitative estimate of drug-likeness (QED) is 0.880. The van der Waals surface area contributed by atoms with E-state index in [4.69, 9.17) is 19.7 Å². The van der Waals surface area contributed by atoms with Crippen molar-refractivity contribution in [2.24, 2.45) is 5.73 Å². The predicted molar refractivity (Wildman–Crippen MR) is 76.2 cm³/mol. The van der Waals surface area contributed by atoms with Crippen molar-refractivity contribution in [2.45, 2.75) is 38.3 Å². The molecule has 1 fully saturated rings. The van der Waals surface area contributed by atoms with Gasteiger partial charge in [-0.25, -0.2) is 0 Å². The molecule has 2 aromatic rings. The van der Waals surface area contributed by atoms with Crippen LogP contribution < -0.4 is 15.2 Å². The first-order valence-corrected chi connectivity index (χ1v) is 7.06. The number of nitrogens with zero attached hydrogens (tertiary/aromatic N) is 2. The molecule has 1 aliphatic carbocycles. The Balaban J connectivity index is 1.73. The molecule has 112 valence electrons. The van der Waals surface area contributed by atoms with Crippen molar-refractivity contribution in [1.29, 1.82) is 0 Å². The second-order valence-corrected chi connectivity index (χ2v) is 5.30. The molecule has 0 spiro atoms. The number of nitrogens with two attached hydrogens (primary N) is 1. The highest BCUT2D eigenvalue weighted by Crippen LogP contribution is 2.38. The first kappa shape index (κ1) is 13.9. The number of aromatic nitrogens is 2. The van der Waals surface area contributed by atoms with Crippen LogP contribution in [-0.4, -0.2) is 17.3 Å². The van der Waals surface area contributed by atoms with Crippen LogP contribution >= 0.6 is 0 Å². The topological polar surface area (TPSA) is 83.4 Å². The highest BCUT2D eigenvalue weighted by molar-refractivity contribution is 5.42. The van der Waals surface area contributed by atoms with E-state index in [9.17, 15) is 0 Å². The largest absolute Gasteiger partial charge is 0.497 e. The van der Waals surface area contributed by atoms with Gasteiger partial charge in [0.1, 0.15) is 11.5 Å². The number of hydrogen-bond acceptors (Lipinski definition) is 6. The molecule has 21 heavy (non-hydrogen) atoms. The van der Waals surface area contributed by atoms with Crippen LogP contribution in [0.15, 0.2) is 22.7 Å². The van der Waals surface area contributed by atoms with Crippen LogP contribution in [0.2, 0.25) is 0 Å². The molecule has 1 saturated carbocycles. The Morgan fingerprint density at radius 1 is 1.43 bits per heavy atom. The average molecular weight is 289 g/mol.